The number of anilines is 1. The van der Waals surface area contributed by atoms with Crippen LogP contribution in [0.4, 0.5) is 5.69 Å². The minimum atomic E-state index is -3.59. The lowest BCUT2D eigenvalue weighted by Gasteiger charge is -2.36. The Balaban J connectivity index is 2.23. The Hall–Kier alpha value is -1.76. The van der Waals surface area contributed by atoms with Crippen molar-refractivity contribution in [3.8, 4) is 5.75 Å². The lowest BCUT2D eigenvalue weighted by atomic mass is 9.99. The molecule has 0 aromatic heterocycles. The molecular weight excluding hydrogens is 340 g/mol. The molecular formula is C18H28N2O4S. The number of amides is 1. The third-order valence-electron chi connectivity index (χ3n) is 4.56. The van der Waals surface area contributed by atoms with Crippen molar-refractivity contribution in [2.24, 2.45) is 5.92 Å². The minimum absolute atomic E-state index is 0.147. The SMILES string of the molecule is CCOc1ccc(N([C@H](C)C(=O)N2CCC(C)CC2)S(C)(=O)=O)cc1. The van der Waals surface area contributed by atoms with Crippen LogP contribution < -0.4 is 9.04 Å². The number of ether oxygens (including phenoxy) is 1. The van der Waals surface area contributed by atoms with Gasteiger partial charge < -0.3 is 9.64 Å². The van der Waals surface area contributed by atoms with Crippen LogP contribution >= 0.6 is 0 Å². The highest BCUT2D eigenvalue weighted by Gasteiger charge is 2.33. The van der Waals surface area contributed by atoms with Crippen molar-refractivity contribution in [3.05, 3.63) is 24.3 Å². The molecule has 25 heavy (non-hydrogen) atoms. The van der Waals surface area contributed by atoms with Crippen LogP contribution in [0.15, 0.2) is 24.3 Å². The molecule has 2 rings (SSSR count). The zero-order chi connectivity index (χ0) is 18.6. The number of benzene rings is 1. The Bertz CT molecular complexity index is 680. The van der Waals surface area contributed by atoms with Crippen molar-refractivity contribution in [3.63, 3.8) is 0 Å². The number of sulfonamides is 1. The second kappa shape index (κ2) is 8.08. The monoisotopic (exact) mass is 368 g/mol. The number of carbonyl (C=O) groups excluding carboxylic acids is 1. The summed E-state index contributed by atoms with van der Waals surface area (Å²) >= 11 is 0. The van der Waals surface area contributed by atoms with E-state index in [1.807, 2.05) is 6.92 Å². The van der Waals surface area contributed by atoms with Gasteiger partial charge in [0, 0.05) is 13.1 Å². The van der Waals surface area contributed by atoms with Gasteiger partial charge in [-0.1, -0.05) is 6.92 Å². The molecule has 0 N–H and O–H groups in total. The average molecular weight is 368 g/mol. The van der Waals surface area contributed by atoms with Crippen molar-refractivity contribution < 1.29 is 17.9 Å². The topological polar surface area (TPSA) is 66.9 Å². The second-order valence-corrected chi connectivity index (χ2v) is 8.53. The minimum Gasteiger partial charge on any atom is -0.494 e. The molecule has 0 bridgehead atoms. The summed E-state index contributed by atoms with van der Waals surface area (Å²) in [5.41, 5.74) is 0.470. The smallest absolute Gasteiger partial charge is 0.246 e. The van der Waals surface area contributed by atoms with Crippen LogP contribution in [0.3, 0.4) is 0 Å². The summed E-state index contributed by atoms with van der Waals surface area (Å²) in [5, 5.41) is 0. The molecule has 1 amide bonds. The van der Waals surface area contributed by atoms with Crippen LogP contribution in [-0.2, 0) is 14.8 Å². The second-order valence-electron chi connectivity index (χ2n) is 6.67. The van der Waals surface area contributed by atoms with Gasteiger partial charge >= 0.3 is 0 Å². The first-order valence-corrected chi connectivity index (χ1v) is 10.6. The van der Waals surface area contributed by atoms with Gasteiger partial charge in [-0.2, -0.15) is 0 Å². The summed E-state index contributed by atoms with van der Waals surface area (Å²) < 4.78 is 31.3. The third kappa shape index (κ3) is 4.87. The van der Waals surface area contributed by atoms with Crippen LogP contribution in [0.5, 0.6) is 5.75 Å². The maximum Gasteiger partial charge on any atom is 0.246 e. The molecule has 6 nitrogen and oxygen atoms in total. The number of piperidine rings is 1. The largest absolute Gasteiger partial charge is 0.494 e. The van der Waals surface area contributed by atoms with E-state index in [2.05, 4.69) is 6.92 Å². The van der Waals surface area contributed by atoms with Gasteiger partial charge in [-0.05, 0) is 56.9 Å². The maximum absolute atomic E-state index is 12.8. The van der Waals surface area contributed by atoms with E-state index in [-0.39, 0.29) is 5.91 Å². The normalized spacial score (nSPS) is 17.2. The maximum atomic E-state index is 12.8. The Labute approximate surface area is 150 Å². The fourth-order valence-corrected chi connectivity index (χ4v) is 4.32. The summed E-state index contributed by atoms with van der Waals surface area (Å²) in [7, 11) is -3.59. The van der Waals surface area contributed by atoms with Crippen molar-refractivity contribution in [2.45, 2.75) is 39.7 Å². The molecule has 0 saturated carbocycles. The lowest BCUT2D eigenvalue weighted by Crippen LogP contribution is -2.51. The molecule has 1 aliphatic rings. The van der Waals surface area contributed by atoms with Gasteiger partial charge in [0.15, 0.2) is 0 Å². The Morgan fingerprint density at radius 2 is 1.84 bits per heavy atom. The van der Waals surface area contributed by atoms with Gasteiger partial charge in [0.25, 0.3) is 0 Å². The van der Waals surface area contributed by atoms with E-state index in [1.54, 1.807) is 36.1 Å². The number of hydrogen-bond acceptors (Lipinski definition) is 4. The Kier molecular flexibility index (Phi) is 6.32. The molecule has 0 radical (unpaired) electrons. The highest BCUT2D eigenvalue weighted by Crippen LogP contribution is 2.25. The van der Waals surface area contributed by atoms with E-state index in [1.165, 1.54) is 4.31 Å². The first-order chi connectivity index (χ1) is 11.7. The standard InChI is InChI=1S/C18H28N2O4S/c1-5-24-17-8-6-16(7-9-17)20(25(4,22)23)15(3)18(21)19-12-10-14(2)11-13-19/h6-9,14-15H,5,10-13H2,1-4H3/t15-/m1/s1. The van der Waals surface area contributed by atoms with Gasteiger partial charge in [0.2, 0.25) is 15.9 Å². The molecule has 1 saturated heterocycles. The van der Waals surface area contributed by atoms with Gasteiger partial charge in [0.05, 0.1) is 18.6 Å². The average Bonchev–Trinajstić information content (AvgIpc) is 2.55. The molecule has 1 fully saturated rings. The molecule has 1 aliphatic heterocycles. The highest BCUT2D eigenvalue weighted by atomic mass is 32.2. The lowest BCUT2D eigenvalue weighted by molar-refractivity contribution is -0.133. The fourth-order valence-electron chi connectivity index (χ4n) is 3.15. The Morgan fingerprint density at radius 3 is 2.32 bits per heavy atom. The zero-order valence-electron chi connectivity index (χ0n) is 15.4. The number of rotatable bonds is 6. The molecule has 0 spiro atoms. The van der Waals surface area contributed by atoms with E-state index in [9.17, 15) is 13.2 Å². The molecule has 1 atom stereocenters. The van der Waals surface area contributed by atoms with Crippen molar-refractivity contribution in [1.82, 2.24) is 4.90 Å². The van der Waals surface area contributed by atoms with E-state index >= 15 is 0 Å². The summed E-state index contributed by atoms with van der Waals surface area (Å²) in [4.78, 5) is 14.6. The van der Waals surface area contributed by atoms with Gasteiger partial charge in [-0.15, -0.1) is 0 Å². The van der Waals surface area contributed by atoms with Crippen LogP contribution in [0, 0.1) is 5.92 Å². The number of likely N-dealkylation sites (tertiary alicyclic amines) is 1. The molecule has 0 unspecified atom stereocenters. The predicted molar refractivity (Wildman–Crippen MR) is 99.4 cm³/mol. The molecule has 1 aromatic carbocycles. The van der Waals surface area contributed by atoms with Gasteiger partial charge in [0.1, 0.15) is 11.8 Å². The van der Waals surface area contributed by atoms with Crippen LogP contribution in [0.25, 0.3) is 0 Å². The predicted octanol–water partition coefficient (Wildman–Crippen LogP) is 2.50. The fraction of sp³-hybridized carbons (Fsp3) is 0.611. The van der Waals surface area contributed by atoms with E-state index in [0.717, 1.165) is 19.1 Å². The quantitative estimate of drug-likeness (QED) is 0.774. The molecule has 0 aliphatic carbocycles. The van der Waals surface area contributed by atoms with Crippen molar-refractivity contribution >= 4 is 21.6 Å². The number of carbonyl (C=O) groups is 1. The van der Waals surface area contributed by atoms with E-state index in [0.29, 0.717) is 37.1 Å². The number of hydrogen-bond donors (Lipinski definition) is 0. The zero-order valence-corrected chi connectivity index (χ0v) is 16.3. The first-order valence-electron chi connectivity index (χ1n) is 8.75. The van der Waals surface area contributed by atoms with E-state index < -0.39 is 16.1 Å². The van der Waals surface area contributed by atoms with Gasteiger partial charge in [-0.3, -0.25) is 9.10 Å². The first kappa shape index (κ1) is 19.6. The third-order valence-corrected chi connectivity index (χ3v) is 5.81. The van der Waals surface area contributed by atoms with Crippen LogP contribution in [-0.4, -0.2) is 51.2 Å². The van der Waals surface area contributed by atoms with Crippen molar-refractivity contribution in [2.75, 3.05) is 30.3 Å². The number of nitrogens with zero attached hydrogens (tertiary/aromatic N) is 2. The van der Waals surface area contributed by atoms with Gasteiger partial charge in [-0.25, -0.2) is 8.42 Å². The highest BCUT2D eigenvalue weighted by molar-refractivity contribution is 7.92. The summed E-state index contributed by atoms with van der Waals surface area (Å²) in [6.45, 7) is 7.62. The van der Waals surface area contributed by atoms with Crippen molar-refractivity contribution in [1.29, 1.82) is 0 Å². The van der Waals surface area contributed by atoms with Crippen LogP contribution in [0.1, 0.15) is 33.6 Å². The summed E-state index contributed by atoms with van der Waals surface area (Å²) in [5.74, 6) is 1.13. The summed E-state index contributed by atoms with van der Waals surface area (Å²) in [6.07, 6.45) is 3.05. The van der Waals surface area contributed by atoms with E-state index in [4.69, 9.17) is 4.74 Å². The molecule has 140 valence electrons. The van der Waals surface area contributed by atoms with Crippen LogP contribution in [0.2, 0.25) is 0 Å². The molecule has 7 heteroatoms. The summed E-state index contributed by atoms with van der Waals surface area (Å²) in [6, 6.07) is 6.01. The molecule has 1 aromatic rings. The Morgan fingerprint density at radius 1 is 1.28 bits per heavy atom. The molecule has 1 heterocycles.